The second-order valence-electron chi connectivity index (χ2n) is 8.56. The first-order chi connectivity index (χ1) is 16.3. The Morgan fingerprint density at radius 2 is 1.79 bits per heavy atom. The monoisotopic (exact) mass is 467 g/mol. The number of rotatable bonds is 4. The van der Waals surface area contributed by atoms with Crippen molar-refractivity contribution < 1.29 is 4.79 Å². The quantitative estimate of drug-likeness (QED) is 0.510. The number of hydrogen-bond donors (Lipinski definition) is 1. The Morgan fingerprint density at radius 1 is 1.03 bits per heavy atom. The first-order valence-corrected chi connectivity index (χ1v) is 11.9. The van der Waals surface area contributed by atoms with E-state index < -0.39 is 5.91 Å². The Hall–Kier alpha value is -3.71. The van der Waals surface area contributed by atoms with Gasteiger partial charge < -0.3 is 4.57 Å². The molecular formula is C27H25N5OS. The number of amidine groups is 2. The molecule has 5 rings (SSSR count). The molecule has 0 saturated heterocycles. The van der Waals surface area contributed by atoms with Crippen molar-refractivity contribution in [2.24, 2.45) is 10.1 Å². The summed E-state index contributed by atoms with van der Waals surface area (Å²) in [7, 11) is 0. The minimum atomic E-state index is -0.406. The fourth-order valence-corrected chi connectivity index (χ4v) is 5.23. The molecule has 6 nitrogen and oxygen atoms in total. The number of hydrogen-bond acceptors (Lipinski definition) is 4. The number of aryl methyl sites for hydroxylation is 2. The van der Waals surface area contributed by atoms with E-state index in [1.165, 1.54) is 27.9 Å². The maximum atomic E-state index is 12.9. The van der Waals surface area contributed by atoms with E-state index in [2.05, 4.69) is 53.6 Å². The highest BCUT2D eigenvalue weighted by atomic mass is 32.2. The Morgan fingerprint density at radius 3 is 2.56 bits per heavy atom. The lowest BCUT2D eigenvalue weighted by atomic mass is 10.1. The third kappa shape index (κ3) is 3.82. The molecule has 1 N–H and O–H groups in total. The van der Waals surface area contributed by atoms with Crippen LogP contribution < -0.4 is 0 Å². The van der Waals surface area contributed by atoms with Crippen molar-refractivity contribution in [3.8, 4) is 5.69 Å². The lowest BCUT2D eigenvalue weighted by molar-refractivity contribution is -0.114. The molecule has 2 aliphatic heterocycles. The molecule has 3 aromatic rings. The molecule has 0 fully saturated rings. The third-order valence-corrected chi connectivity index (χ3v) is 7.19. The van der Waals surface area contributed by atoms with Crippen molar-refractivity contribution in [3.05, 3.63) is 93.8 Å². The molecule has 170 valence electrons. The van der Waals surface area contributed by atoms with Crippen molar-refractivity contribution in [2.45, 2.75) is 34.1 Å². The van der Waals surface area contributed by atoms with Crippen LogP contribution in [-0.2, 0) is 11.2 Å². The number of aliphatic imine (C=N–C) groups is 1. The van der Waals surface area contributed by atoms with Crippen LogP contribution in [0.2, 0.25) is 0 Å². The van der Waals surface area contributed by atoms with Gasteiger partial charge in [-0.25, -0.2) is 0 Å². The first kappa shape index (κ1) is 22.1. The van der Waals surface area contributed by atoms with E-state index in [0.29, 0.717) is 11.6 Å². The zero-order valence-electron chi connectivity index (χ0n) is 19.6. The number of fused-ring (bicyclic) bond motifs is 1. The molecule has 0 spiro atoms. The molecule has 1 amide bonds. The van der Waals surface area contributed by atoms with Crippen molar-refractivity contribution in [3.63, 3.8) is 0 Å². The Labute approximate surface area is 203 Å². The van der Waals surface area contributed by atoms with Crippen LogP contribution >= 0.6 is 11.8 Å². The molecule has 1 aromatic heterocycles. The summed E-state index contributed by atoms with van der Waals surface area (Å²) in [6, 6.07) is 18.3. The molecule has 0 atom stereocenters. The summed E-state index contributed by atoms with van der Waals surface area (Å²) in [5.41, 5.74) is 7.91. The number of carbonyl (C=O) groups is 1. The Kier molecular flexibility index (Phi) is 5.57. The molecule has 0 unspecified atom stereocenters. The van der Waals surface area contributed by atoms with Crippen LogP contribution in [0.15, 0.2) is 70.3 Å². The van der Waals surface area contributed by atoms with Crippen LogP contribution in [0.3, 0.4) is 0 Å². The summed E-state index contributed by atoms with van der Waals surface area (Å²) in [5.74, 6) is -0.349. The Balaban J connectivity index is 1.48. The molecule has 0 saturated carbocycles. The number of thioether (sulfide) groups is 1. The topological polar surface area (TPSA) is 73.8 Å². The maximum absolute atomic E-state index is 12.9. The predicted octanol–water partition coefficient (Wildman–Crippen LogP) is 5.57. The second kappa shape index (κ2) is 8.57. The minimum Gasteiger partial charge on any atom is -0.318 e. The van der Waals surface area contributed by atoms with Gasteiger partial charge in [0.25, 0.3) is 5.91 Å². The van der Waals surface area contributed by atoms with Crippen LogP contribution in [0.4, 0.5) is 0 Å². The van der Waals surface area contributed by atoms with E-state index in [9.17, 15) is 4.79 Å². The van der Waals surface area contributed by atoms with E-state index in [0.717, 1.165) is 33.2 Å². The van der Waals surface area contributed by atoms with Crippen molar-refractivity contribution in [1.82, 2.24) is 9.58 Å². The average Bonchev–Trinajstić information content (AvgIpc) is 3.33. The summed E-state index contributed by atoms with van der Waals surface area (Å²) in [6.07, 6.45) is 2.41. The average molecular weight is 468 g/mol. The van der Waals surface area contributed by atoms with Gasteiger partial charge in [0.15, 0.2) is 5.84 Å². The Bertz CT molecular complexity index is 1430. The van der Waals surface area contributed by atoms with Crippen LogP contribution in [0.5, 0.6) is 0 Å². The highest BCUT2D eigenvalue weighted by molar-refractivity contribution is 8.26. The zero-order valence-corrected chi connectivity index (χ0v) is 20.4. The van der Waals surface area contributed by atoms with Gasteiger partial charge in [-0.15, -0.1) is 0 Å². The van der Waals surface area contributed by atoms with Gasteiger partial charge in [-0.2, -0.15) is 15.1 Å². The number of amides is 1. The predicted molar refractivity (Wildman–Crippen MR) is 140 cm³/mol. The fraction of sp³-hybridized carbons (Fsp3) is 0.185. The van der Waals surface area contributed by atoms with Gasteiger partial charge in [-0.05, 0) is 79.9 Å². The first-order valence-electron chi connectivity index (χ1n) is 11.1. The normalized spacial score (nSPS) is 16.7. The molecule has 2 aliphatic rings. The van der Waals surface area contributed by atoms with Crippen molar-refractivity contribution >= 4 is 39.8 Å². The molecule has 7 heteroatoms. The summed E-state index contributed by atoms with van der Waals surface area (Å²) in [5, 5.41) is 16.0. The number of nitrogens with one attached hydrogen (secondary N) is 1. The van der Waals surface area contributed by atoms with Crippen LogP contribution in [0, 0.1) is 33.1 Å². The molecule has 0 bridgehead atoms. The lowest BCUT2D eigenvalue weighted by Crippen LogP contribution is -2.35. The highest BCUT2D eigenvalue weighted by Gasteiger charge is 2.35. The standard InChI is InChI=1S/C27H25N5OS/c1-16-9-8-12-23(18(16)3)31-17(2)13-21(19(31)4)15-22-25(28)32-27(29-26(22)33)34-24(30-32)14-20-10-6-5-7-11-20/h5-13,15,28H,14H2,1-4H3/b22-15+,28-25?. The lowest BCUT2D eigenvalue weighted by Gasteiger charge is -2.20. The number of aromatic nitrogens is 1. The van der Waals surface area contributed by atoms with E-state index in [4.69, 9.17) is 5.41 Å². The minimum absolute atomic E-state index is 0.0575. The van der Waals surface area contributed by atoms with Gasteiger partial charge in [0.1, 0.15) is 5.04 Å². The van der Waals surface area contributed by atoms with Gasteiger partial charge in [0.2, 0.25) is 5.17 Å². The van der Waals surface area contributed by atoms with E-state index in [1.807, 2.05) is 43.3 Å². The fourth-order valence-electron chi connectivity index (χ4n) is 4.31. The van der Waals surface area contributed by atoms with Crippen LogP contribution in [0.25, 0.3) is 11.8 Å². The summed E-state index contributed by atoms with van der Waals surface area (Å²) in [4.78, 5) is 17.1. The zero-order chi connectivity index (χ0) is 24.0. The van der Waals surface area contributed by atoms with Gasteiger partial charge in [-0.3, -0.25) is 10.2 Å². The molecule has 3 heterocycles. The third-order valence-electron chi connectivity index (χ3n) is 6.28. The van der Waals surface area contributed by atoms with Crippen LogP contribution in [0.1, 0.15) is 33.6 Å². The van der Waals surface area contributed by atoms with Gasteiger partial charge in [0, 0.05) is 23.5 Å². The molecule has 0 radical (unpaired) electrons. The molecular weight excluding hydrogens is 442 g/mol. The highest BCUT2D eigenvalue weighted by Crippen LogP contribution is 2.31. The van der Waals surface area contributed by atoms with Crippen molar-refractivity contribution in [1.29, 1.82) is 5.41 Å². The van der Waals surface area contributed by atoms with E-state index >= 15 is 0 Å². The second-order valence-corrected chi connectivity index (χ2v) is 9.60. The number of hydrazone groups is 1. The summed E-state index contributed by atoms with van der Waals surface area (Å²) in [6.45, 7) is 8.31. The molecule has 2 aromatic carbocycles. The van der Waals surface area contributed by atoms with Gasteiger partial charge >= 0.3 is 0 Å². The van der Waals surface area contributed by atoms with Crippen LogP contribution in [-0.4, -0.2) is 31.5 Å². The number of nitrogens with zero attached hydrogens (tertiary/aromatic N) is 4. The summed E-state index contributed by atoms with van der Waals surface area (Å²) < 4.78 is 2.20. The SMILES string of the molecule is Cc1cccc(-n2c(C)cc(/C=C3\C(=N)N4N=C(Cc5ccccc5)SC4=NC3=O)c2C)c1C. The number of carbonyl (C=O) groups excluding carboxylic acids is 1. The van der Waals surface area contributed by atoms with E-state index in [1.54, 1.807) is 6.08 Å². The summed E-state index contributed by atoms with van der Waals surface area (Å²) >= 11 is 1.35. The molecule has 0 aliphatic carbocycles. The van der Waals surface area contributed by atoms with Crippen molar-refractivity contribution in [2.75, 3.05) is 0 Å². The maximum Gasteiger partial charge on any atom is 0.283 e. The van der Waals surface area contributed by atoms with Gasteiger partial charge in [-0.1, -0.05) is 42.5 Å². The molecule has 34 heavy (non-hydrogen) atoms. The van der Waals surface area contributed by atoms with E-state index in [-0.39, 0.29) is 11.4 Å². The van der Waals surface area contributed by atoms with Gasteiger partial charge in [0.05, 0.1) is 5.57 Å². The largest absolute Gasteiger partial charge is 0.318 e. The number of benzene rings is 2. The smallest absolute Gasteiger partial charge is 0.283 e.